The maximum absolute atomic E-state index is 13.3. The second-order valence-electron chi connectivity index (χ2n) is 15.4. The van der Waals surface area contributed by atoms with Gasteiger partial charge in [0.05, 0.1) is 36.3 Å². The van der Waals surface area contributed by atoms with Crippen LogP contribution in [0.5, 0.6) is 0 Å². The molecule has 1 aliphatic heterocycles. The van der Waals surface area contributed by atoms with Gasteiger partial charge in [-0.2, -0.15) is 0 Å². The molecule has 17 heteroatoms. The highest BCUT2D eigenvalue weighted by molar-refractivity contribution is 6.12. The summed E-state index contributed by atoms with van der Waals surface area (Å²) in [5.74, 6) is -1.44. The van der Waals surface area contributed by atoms with E-state index in [2.05, 4.69) is 20.9 Å². The summed E-state index contributed by atoms with van der Waals surface area (Å²) in [5, 5.41) is 19.7. The third-order valence-corrected chi connectivity index (χ3v) is 9.68. The molecule has 0 radical (unpaired) electrons. The summed E-state index contributed by atoms with van der Waals surface area (Å²) in [7, 11) is 0. The molecule has 6 N–H and O–H groups in total. The summed E-state index contributed by atoms with van der Waals surface area (Å²) >= 11 is 0. The van der Waals surface area contributed by atoms with Crippen LogP contribution in [0.15, 0.2) is 60.7 Å². The molecule has 1 atom stereocenters. The molecule has 59 heavy (non-hydrogen) atoms. The van der Waals surface area contributed by atoms with Gasteiger partial charge >= 0.3 is 6.09 Å². The quantitative estimate of drug-likeness (QED) is 0.0676. The lowest BCUT2D eigenvalue weighted by molar-refractivity contribution is -0.137. The number of ether oxygens (including phenoxy) is 1. The van der Waals surface area contributed by atoms with Gasteiger partial charge in [0, 0.05) is 42.7 Å². The first kappa shape index (κ1) is 43.8. The number of amides is 6. The summed E-state index contributed by atoms with van der Waals surface area (Å²) < 4.78 is 7.53. The summed E-state index contributed by atoms with van der Waals surface area (Å²) in [6.07, 6.45) is 3.77. The highest BCUT2D eigenvalue weighted by Crippen LogP contribution is 2.30. The topological polar surface area (TPSA) is 231 Å². The molecule has 0 fully saturated rings. The van der Waals surface area contributed by atoms with Gasteiger partial charge in [-0.25, -0.2) is 14.8 Å². The average Bonchev–Trinajstić information content (AvgIpc) is 3.71. The van der Waals surface area contributed by atoms with Gasteiger partial charge in [0.25, 0.3) is 11.8 Å². The van der Waals surface area contributed by atoms with Crippen molar-refractivity contribution in [3.8, 4) is 0 Å². The predicted octanol–water partition coefficient (Wildman–Crippen LogP) is 3.78. The molecule has 0 spiro atoms. The van der Waals surface area contributed by atoms with Gasteiger partial charge in [-0.05, 0) is 63.3 Å². The maximum atomic E-state index is 13.3. The van der Waals surface area contributed by atoms with E-state index in [9.17, 15) is 33.9 Å². The largest absolute Gasteiger partial charge is 0.445 e. The smallest absolute Gasteiger partial charge is 0.410 e. The third-order valence-electron chi connectivity index (χ3n) is 9.68. The Morgan fingerprint density at radius 3 is 2.31 bits per heavy atom. The Hall–Kier alpha value is -6.36. The van der Waals surface area contributed by atoms with Crippen LogP contribution in [0, 0.1) is 5.92 Å². The zero-order valence-corrected chi connectivity index (χ0v) is 34.1. The number of para-hydroxylation sites is 1. The number of nitrogens with two attached hydrogens (primary N) is 1. The Kier molecular flexibility index (Phi) is 14.4. The third kappa shape index (κ3) is 11.6. The van der Waals surface area contributed by atoms with Gasteiger partial charge in [-0.1, -0.05) is 50.6 Å². The number of nitrogens with one attached hydrogen (secondary N) is 3. The normalized spacial score (nSPS) is 13.3. The number of carbonyl (C=O) groups is 6. The minimum atomic E-state index is -1.10. The average molecular weight is 812 g/mol. The molecule has 6 amide bonds. The standard InChI is InChI=1S/C42H53N9O8/c1-6-49(23-31-47-37-38(51(31)25-42(4,5)58)29-12-9-10-13-30(29)46-39(37)43)41(57)59-24-27-15-17-28(18-16-27)45-33(53)22-44-40(56)36(26(2)3)48-32(52)14-8-7-11-21-50-34(54)19-20-35(50)55/h9-10,12-13,15-20,26,36,58H,6-8,11,14,21-25H2,1-5H3,(H2,43,46)(H,44,56)(H,45,53)(H,48,52). The number of benzene rings is 2. The Bertz CT molecular complexity index is 2210. The Morgan fingerprint density at radius 1 is 0.949 bits per heavy atom. The fourth-order valence-electron chi connectivity index (χ4n) is 6.63. The van der Waals surface area contributed by atoms with E-state index in [1.54, 1.807) is 52.0 Å². The van der Waals surface area contributed by atoms with E-state index in [0.717, 1.165) is 15.8 Å². The number of imidazole rings is 1. The van der Waals surface area contributed by atoms with Crippen molar-refractivity contribution >= 4 is 69.1 Å². The number of hydrogen-bond acceptors (Lipinski definition) is 11. The molecular formula is C42H53N9O8. The van der Waals surface area contributed by atoms with Crippen LogP contribution in [-0.4, -0.2) is 96.3 Å². The molecule has 0 saturated heterocycles. The van der Waals surface area contributed by atoms with Gasteiger partial charge in [-0.15, -0.1) is 0 Å². The summed E-state index contributed by atoms with van der Waals surface area (Å²) in [6, 6.07) is 13.4. The van der Waals surface area contributed by atoms with Crippen molar-refractivity contribution in [3.63, 3.8) is 0 Å². The Balaban J connectivity index is 1.08. The molecule has 0 bridgehead atoms. The highest BCUT2D eigenvalue weighted by atomic mass is 16.6. The number of anilines is 2. The molecule has 1 unspecified atom stereocenters. The van der Waals surface area contributed by atoms with E-state index in [4.69, 9.17) is 15.5 Å². The lowest BCUT2D eigenvalue weighted by Crippen LogP contribution is -2.51. The van der Waals surface area contributed by atoms with Crippen LogP contribution < -0.4 is 21.7 Å². The van der Waals surface area contributed by atoms with E-state index < -0.39 is 29.6 Å². The van der Waals surface area contributed by atoms with Crippen LogP contribution in [0.4, 0.5) is 16.3 Å². The fraction of sp³-hybridized carbons (Fsp3) is 0.429. The van der Waals surface area contributed by atoms with Crippen molar-refractivity contribution < 1.29 is 38.6 Å². The van der Waals surface area contributed by atoms with Gasteiger partial charge in [0.1, 0.15) is 24.0 Å². The second kappa shape index (κ2) is 19.4. The van der Waals surface area contributed by atoms with Gasteiger partial charge < -0.3 is 41.0 Å². The Labute approximate surface area is 342 Å². The van der Waals surface area contributed by atoms with E-state index in [1.807, 2.05) is 35.8 Å². The zero-order chi connectivity index (χ0) is 42.9. The van der Waals surface area contributed by atoms with Crippen LogP contribution in [0.1, 0.15) is 71.7 Å². The minimum absolute atomic E-state index is 0.0398. The number of carbonyl (C=O) groups excluding carboxylic acids is 6. The van der Waals surface area contributed by atoms with E-state index in [0.29, 0.717) is 53.9 Å². The van der Waals surface area contributed by atoms with Crippen molar-refractivity contribution in [1.82, 2.24) is 35.0 Å². The van der Waals surface area contributed by atoms with E-state index >= 15 is 0 Å². The molecule has 1 aliphatic rings. The number of aliphatic hydroxyl groups is 1. The molecule has 2 aromatic carbocycles. The first-order valence-corrected chi connectivity index (χ1v) is 19.7. The number of hydrogen-bond donors (Lipinski definition) is 5. The molecule has 17 nitrogen and oxygen atoms in total. The van der Waals surface area contributed by atoms with Gasteiger partial charge in [0.15, 0.2) is 5.82 Å². The number of pyridine rings is 1. The molecule has 3 heterocycles. The van der Waals surface area contributed by atoms with Crippen molar-refractivity contribution in [2.24, 2.45) is 5.92 Å². The predicted molar refractivity (Wildman–Crippen MR) is 221 cm³/mol. The lowest BCUT2D eigenvalue weighted by atomic mass is 10.0. The first-order chi connectivity index (χ1) is 28.0. The summed E-state index contributed by atoms with van der Waals surface area (Å²) in [5.41, 5.74) is 8.25. The molecule has 2 aromatic heterocycles. The fourth-order valence-corrected chi connectivity index (χ4v) is 6.63. The molecule has 314 valence electrons. The van der Waals surface area contributed by atoms with Crippen LogP contribution in [0.2, 0.25) is 0 Å². The summed E-state index contributed by atoms with van der Waals surface area (Å²) in [6.45, 7) is 9.32. The van der Waals surface area contributed by atoms with Gasteiger partial charge in [0.2, 0.25) is 17.7 Å². The number of imide groups is 1. The van der Waals surface area contributed by atoms with Crippen LogP contribution >= 0.6 is 0 Å². The SMILES string of the molecule is CCN(Cc1nc2c(N)nc3ccccc3c2n1CC(C)(C)O)C(=O)OCc1ccc(NC(=O)CNC(=O)C(NC(=O)CCCCCN2C(=O)C=CC2=O)C(C)C)cc1. The summed E-state index contributed by atoms with van der Waals surface area (Å²) in [4.78, 5) is 86.8. The van der Waals surface area contributed by atoms with Crippen LogP contribution in [0.3, 0.4) is 0 Å². The van der Waals surface area contributed by atoms with Gasteiger partial charge in [-0.3, -0.25) is 28.9 Å². The van der Waals surface area contributed by atoms with Crippen molar-refractivity contribution in [2.75, 3.05) is 30.7 Å². The van der Waals surface area contributed by atoms with Crippen LogP contribution in [0.25, 0.3) is 21.9 Å². The lowest BCUT2D eigenvalue weighted by Gasteiger charge is -2.24. The molecule has 0 saturated carbocycles. The van der Waals surface area contributed by atoms with Crippen LogP contribution in [-0.2, 0) is 48.4 Å². The van der Waals surface area contributed by atoms with E-state index in [-0.39, 0.29) is 68.7 Å². The molecule has 0 aliphatic carbocycles. The highest BCUT2D eigenvalue weighted by Gasteiger charge is 2.27. The zero-order valence-electron chi connectivity index (χ0n) is 34.1. The van der Waals surface area contributed by atoms with Crippen molar-refractivity contribution in [3.05, 3.63) is 72.1 Å². The monoisotopic (exact) mass is 811 g/mol. The van der Waals surface area contributed by atoms with Crippen molar-refractivity contribution in [1.29, 1.82) is 0 Å². The second-order valence-corrected chi connectivity index (χ2v) is 15.4. The number of rotatable bonds is 19. The molecule has 5 rings (SSSR count). The minimum Gasteiger partial charge on any atom is -0.445 e. The number of nitrogens with zero attached hydrogens (tertiary/aromatic N) is 5. The number of aromatic nitrogens is 3. The Morgan fingerprint density at radius 2 is 1.64 bits per heavy atom. The number of nitrogen functional groups attached to an aromatic ring is 1. The van der Waals surface area contributed by atoms with E-state index in [1.165, 1.54) is 17.1 Å². The molecule has 4 aromatic rings. The number of fused-ring (bicyclic) bond motifs is 3. The number of unbranched alkanes of at least 4 members (excludes halogenated alkanes) is 2. The molecular weight excluding hydrogens is 759 g/mol. The van der Waals surface area contributed by atoms with Crippen molar-refractivity contribution in [2.45, 2.75) is 91.6 Å². The maximum Gasteiger partial charge on any atom is 0.410 e. The first-order valence-electron chi connectivity index (χ1n) is 19.7.